The summed E-state index contributed by atoms with van der Waals surface area (Å²) in [5, 5.41) is 0. The summed E-state index contributed by atoms with van der Waals surface area (Å²) in [5.41, 5.74) is 19.5. The van der Waals surface area contributed by atoms with Crippen LogP contribution in [0.5, 0.6) is 0 Å². The van der Waals surface area contributed by atoms with Crippen molar-refractivity contribution < 1.29 is 0 Å². The van der Waals surface area contributed by atoms with Crippen molar-refractivity contribution in [1.29, 1.82) is 0 Å². The molecule has 2 heteroatoms. The second kappa shape index (κ2) is 14.1. The smallest absolute Gasteiger partial charge is 0.0346 e. The van der Waals surface area contributed by atoms with Crippen molar-refractivity contribution in [3.63, 3.8) is 0 Å². The van der Waals surface area contributed by atoms with E-state index in [9.17, 15) is 0 Å². The Labute approximate surface area is 185 Å². The molecule has 0 spiro atoms. The third kappa shape index (κ3) is 8.42. The number of hydrogen-bond donors (Lipinski definition) is 2. The zero-order valence-corrected chi connectivity index (χ0v) is 19.5. The standard InChI is InChI=1S/C28H44N2/c1-3-5-7-9-11-13-15-25-21-23(17-19-27(25)29)24-18-20-28(30)26(22-24)16-14-12-10-8-6-4-2/h17-22H,3-16,29-30H2,1-2H3. The van der Waals surface area contributed by atoms with Crippen LogP contribution in [0.15, 0.2) is 36.4 Å². The number of aryl methyl sites for hydroxylation is 2. The van der Waals surface area contributed by atoms with Gasteiger partial charge in [0.25, 0.3) is 0 Å². The van der Waals surface area contributed by atoms with Gasteiger partial charge in [-0.15, -0.1) is 0 Å². The fraction of sp³-hybridized carbons (Fsp3) is 0.571. The normalized spacial score (nSPS) is 11.1. The fourth-order valence-corrected chi connectivity index (χ4v) is 4.20. The minimum Gasteiger partial charge on any atom is -0.399 e. The van der Waals surface area contributed by atoms with Crippen LogP contribution < -0.4 is 11.5 Å². The van der Waals surface area contributed by atoms with E-state index in [4.69, 9.17) is 11.5 Å². The Balaban J connectivity index is 1.95. The summed E-state index contributed by atoms with van der Waals surface area (Å²) in [4.78, 5) is 0. The molecule has 0 saturated heterocycles. The minimum atomic E-state index is 0.926. The van der Waals surface area contributed by atoms with E-state index in [-0.39, 0.29) is 0 Å². The van der Waals surface area contributed by atoms with Gasteiger partial charge in [0.05, 0.1) is 0 Å². The Bertz CT molecular complexity index is 672. The molecule has 2 rings (SSSR count). The van der Waals surface area contributed by atoms with Crippen molar-refractivity contribution in [1.82, 2.24) is 0 Å². The number of hydrogen-bond acceptors (Lipinski definition) is 2. The molecule has 0 aliphatic carbocycles. The summed E-state index contributed by atoms with van der Waals surface area (Å²) >= 11 is 0. The molecule has 4 N–H and O–H groups in total. The average molecular weight is 409 g/mol. The molecule has 2 aromatic carbocycles. The summed E-state index contributed by atoms with van der Waals surface area (Å²) in [6, 6.07) is 13.0. The minimum absolute atomic E-state index is 0.926. The van der Waals surface area contributed by atoms with Crippen molar-refractivity contribution >= 4 is 11.4 Å². The Morgan fingerprint density at radius 1 is 0.500 bits per heavy atom. The summed E-state index contributed by atoms with van der Waals surface area (Å²) in [6.45, 7) is 4.53. The Morgan fingerprint density at radius 3 is 1.27 bits per heavy atom. The van der Waals surface area contributed by atoms with E-state index in [1.54, 1.807) is 0 Å². The highest BCUT2D eigenvalue weighted by Gasteiger charge is 2.07. The monoisotopic (exact) mass is 408 g/mol. The molecule has 2 nitrogen and oxygen atoms in total. The van der Waals surface area contributed by atoms with Crippen LogP contribution in [0.2, 0.25) is 0 Å². The Morgan fingerprint density at radius 2 is 0.867 bits per heavy atom. The highest BCUT2D eigenvalue weighted by atomic mass is 14.6. The number of rotatable bonds is 15. The lowest BCUT2D eigenvalue weighted by atomic mass is 9.95. The number of unbranched alkanes of at least 4 members (excludes halogenated alkanes) is 10. The van der Waals surface area contributed by atoms with Crippen LogP contribution in [0.4, 0.5) is 11.4 Å². The maximum absolute atomic E-state index is 6.28. The molecule has 0 radical (unpaired) electrons. The summed E-state index contributed by atoms with van der Waals surface area (Å²) < 4.78 is 0. The van der Waals surface area contributed by atoms with Crippen LogP contribution in [0.1, 0.15) is 102 Å². The van der Waals surface area contributed by atoms with Crippen molar-refractivity contribution in [2.45, 2.75) is 104 Å². The maximum atomic E-state index is 6.28. The van der Waals surface area contributed by atoms with Crippen molar-refractivity contribution in [2.75, 3.05) is 11.5 Å². The van der Waals surface area contributed by atoms with Gasteiger partial charge in [0.15, 0.2) is 0 Å². The van der Waals surface area contributed by atoms with Crippen LogP contribution >= 0.6 is 0 Å². The molecule has 166 valence electrons. The number of anilines is 2. The molecule has 0 saturated carbocycles. The zero-order chi connectivity index (χ0) is 21.6. The molecule has 0 unspecified atom stereocenters. The molecule has 2 aromatic rings. The van der Waals surface area contributed by atoms with Gasteiger partial charge >= 0.3 is 0 Å². The van der Waals surface area contributed by atoms with Crippen molar-refractivity contribution in [3.05, 3.63) is 47.5 Å². The SMILES string of the molecule is CCCCCCCCc1cc(-c2ccc(N)c(CCCCCCCC)c2)ccc1N. The van der Waals surface area contributed by atoms with Crippen molar-refractivity contribution in [2.24, 2.45) is 0 Å². The summed E-state index contributed by atoms with van der Waals surface area (Å²) in [5.74, 6) is 0. The third-order valence-corrected chi connectivity index (χ3v) is 6.22. The zero-order valence-electron chi connectivity index (χ0n) is 19.5. The second-order valence-corrected chi connectivity index (χ2v) is 8.86. The number of nitrogen functional groups attached to an aromatic ring is 2. The van der Waals surface area contributed by atoms with Gasteiger partial charge in [-0.1, -0.05) is 90.2 Å². The highest BCUT2D eigenvalue weighted by Crippen LogP contribution is 2.28. The fourth-order valence-electron chi connectivity index (χ4n) is 4.20. The second-order valence-electron chi connectivity index (χ2n) is 8.86. The van der Waals surface area contributed by atoms with Crippen LogP contribution in [0, 0.1) is 0 Å². The van der Waals surface area contributed by atoms with Gasteiger partial charge in [-0.3, -0.25) is 0 Å². The van der Waals surface area contributed by atoms with Crippen LogP contribution in [0.25, 0.3) is 11.1 Å². The molecular formula is C28H44N2. The first-order valence-electron chi connectivity index (χ1n) is 12.4. The van der Waals surface area contributed by atoms with Gasteiger partial charge in [-0.25, -0.2) is 0 Å². The summed E-state index contributed by atoms with van der Waals surface area (Å²) in [6.07, 6.45) is 17.9. The molecular weight excluding hydrogens is 364 g/mol. The van der Waals surface area contributed by atoms with E-state index in [0.717, 1.165) is 24.2 Å². The molecule has 0 fully saturated rings. The van der Waals surface area contributed by atoms with Crippen LogP contribution in [-0.4, -0.2) is 0 Å². The molecule has 0 aromatic heterocycles. The van der Waals surface area contributed by atoms with Crippen LogP contribution in [0.3, 0.4) is 0 Å². The van der Waals surface area contributed by atoms with E-state index in [2.05, 4.69) is 50.2 Å². The largest absolute Gasteiger partial charge is 0.399 e. The lowest BCUT2D eigenvalue weighted by molar-refractivity contribution is 0.608. The van der Waals surface area contributed by atoms with Crippen LogP contribution in [-0.2, 0) is 12.8 Å². The lowest BCUT2D eigenvalue weighted by Crippen LogP contribution is -1.98. The Kier molecular flexibility index (Phi) is 11.4. The molecule has 0 bridgehead atoms. The average Bonchev–Trinajstić information content (AvgIpc) is 2.75. The quantitative estimate of drug-likeness (QED) is 0.230. The van der Waals surface area contributed by atoms with Crippen molar-refractivity contribution in [3.8, 4) is 11.1 Å². The van der Waals surface area contributed by atoms with Gasteiger partial charge in [-0.2, -0.15) is 0 Å². The lowest BCUT2D eigenvalue weighted by Gasteiger charge is -2.12. The topological polar surface area (TPSA) is 52.0 Å². The molecule has 0 aliphatic rings. The first kappa shape index (κ1) is 24.3. The van der Waals surface area contributed by atoms with E-state index in [1.807, 2.05) is 0 Å². The first-order chi connectivity index (χ1) is 14.7. The summed E-state index contributed by atoms with van der Waals surface area (Å²) in [7, 11) is 0. The predicted octanol–water partition coefficient (Wildman–Crippen LogP) is 8.32. The van der Waals surface area contributed by atoms with Gasteiger partial charge in [-0.05, 0) is 72.2 Å². The molecule has 0 atom stereocenters. The predicted molar refractivity (Wildman–Crippen MR) is 135 cm³/mol. The van der Waals surface area contributed by atoms with Gasteiger partial charge in [0.2, 0.25) is 0 Å². The molecule has 0 heterocycles. The molecule has 0 aliphatic heterocycles. The third-order valence-electron chi connectivity index (χ3n) is 6.22. The van der Waals surface area contributed by atoms with E-state index in [1.165, 1.54) is 99.3 Å². The van der Waals surface area contributed by atoms with Gasteiger partial charge < -0.3 is 11.5 Å². The number of nitrogens with two attached hydrogens (primary N) is 2. The van der Waals surface area contributed by atoms with Gasteiger partial charge in [0, 0.05) is 11.4 Å². The first-order valence-corrected chi connectivity index (χ1v) is 12.4. The van der Waals surface area contributed by atoms with E-state index in [0.29, 0.717) is 0 Å². The Hall–Kier alpha value is -1.96. The molecule has 30 heavy (non-hydrogen) atoms. The van der Waals surface area contributed by atoms with E-state index >= 15 is 0 Å². The molecule has 0 amide bonds. The van der Waals surface area contributed by atoms with Gasteiger partial charge in [0.1, 0.15) is 0 Å². The number of benzene rings is 2. The highest BCUT2D eigenvalue weighted by molar-refractivity contribution is 5.70. The van der Waals surface area contributed by atoms with E-state index < -0.39 is 0 Å². The maximum Gasteiger partial charge on any atom is 0.0346 e.